The van der Waals surface area contributed by atoms with E-state index in [0.717, 1.165) is 9.79 Å². The van der Waals surface area contributed by atoms with Gasteiger partial charge in [0.15, 0.2) is 0 Å². The SMILES string of the molecule is CCOC(=O)c1ccc(Sc2ccc(N)c(Cl)c2)cc1. The second kappa shape index (κ2) is 6.68. The molecule has 0 aliphatic rings. The molecule has 0 atom stereocenters. The Morgan fingerprint density at radius 3 is 2.45 bits per heavy atom. The summed E-state index contributed by atoms with van der Waals surface area (Å²) in [4.78, 5) is 13.5. The number of halogens is 1. The molecular formula is C15H14ClNO2S. The minimum atomic E-state index is -0.306. The summed E-state index contributed by atoms with van der Waals surface area (Å²) < 4.78 is 4.94. The molecule has 2 N–H and O–H groups in total. The van der Waals surface area contributed by atoms with E-state index in [4.69, 9.17) is 22.1 Å². The molecule has 0 saturated carbocycles. The quantitative estimate of drug-likeness (QED) is 0.677. The highest BCUT2D eigenvalue weighted by Crippen LogP contribution is 2.31. The number of hydrogen-bond acceptors (Lipinski definition) is 4. The summed E-state index contributed by atoms with van der Waals surface area (Å²) >= 11 is 7.53. The van der Waals surface area contributed by atoms with Crippen LogP contribution in [0.15, 0.2) is 52.3 Å². The van der Waals surface area contributed by atoms with Crippen molar-refractivity contribution in [1.29, 1.82) is 0 Å². The van der Waals surface area contributed by atoms with Crippen molar-refractivity contribution in [1.82, 2.24) is 0 Å². The highest BCUT2D eigenvalue weighted by Gasteiger charge is 2.06. The van der Waals surface area contributed by atoms with Crippen LogP contribution in [0.1, 0.15) is 17.3 Å². The zero-order valence-electron chi connectivity index (χ0n) is 10.9. The molecule has 0 aliphatic carbocycles. The molecule has 0 unspecified atom stereocenters. The van der Waals surface area contributed by atoms with Gasteiger partial charge in [0.1, 0.15) is 0 Å². The Kier molecular flexibility index (Phi) is 4.93. The van der Waals surface area contributed by atoms with Gasteiger partial charge in [-0.15, -0.1) is 0 Å². The van der Waals surface area contributed by atoms with Crippen LogP contribution in [0.4, 0.5) is 5.69 Å². The minimum absolute atomic E-state index is 0.306. The number of carbonyl (C=O) groups is 1. The zero-order chi connectivity index (χ0) is 14.5. The maximum Gasteiger partial charge on any atom is 0.338 e. The fourth-order valence-electron chi connectivity index (χ4n) is 1.58. The third-order valence-corrected chi connectivity index (χ3v) is 3.90. The highest BCUT2D eigenvalue weighted by molar-refractivity contribution is 7.99. The number of hydrogen-bond donors (Lipinski definition) is 1. The fraction of sp³-hybridized carbons (Fsp3) is 0.133. The summed E-state index contributed by atoms with van der Waals surface area (Å²) in [5, 5.41) is 0.540. The lowest BCUT2D eigenvalue weighted by atomic mass is 10.2. The molecule has 104 valence electrons. The molecule has 0 heterocycles. The van der Waals surface area contributed by atoms with Crippen molar-refractivity contribution < 1.29 is 9.53 Å². The lowest BCUT2D eigenvalue weighted by Gasteiger charge is -2.05. The Bertz CT molecular complexity index is 614. The van der Waals surface area contributed by atoms with Gasteiger partial charge in [0, 0.05) is 9.79 Å². The summed E-state index contributed by atoms with van der Waals surface area (Å²) in [6, 6.07) is 12.8. The third-order valence-electron chi connectivity index (χ3n) is 2.57. The molecule has 20 heavy (non-hydrogen) atoms. The fourth-order valence-corrected chi connectivity index (χ4v) is 2.68. The van der Waals surface area contributed by atoms with Crippen LogP contribution >= 0.6 is 23.4 Å². The van der Waals surface area contributed by atoms with Crippen LogP contribution in [0.3, 0.4) is 0 Å². The summed E-state index contributed by atoms with van der Waals surface area (Å²) in [5.74, 6) is -0.306. The standard InChI is InChI=1S/C15H14ClNO2S/c1-2-19-15(18)10-3-5-11(6-4-10)20-12-7-8-14(17)13(16)9-12/h3-9H,2,17H2,1H3. The third kappa shape index (κ3) is 3.68. The van der Waals surface area contributed by atoms with Crippen LogP contribution in [-0.2, 0) is 4.74 Å². The number of nitrogen functional groups attached to an aromatic ring is 1. The molecule has 0 spiro atoms. The molecule has 0 aromatic heterocycles. The van der Waals surface area contributed by atoms with E-state index in [-0.39, 0.29) is 5.97 Å². The first-order chi connectivity index (χ1) is 9.60. The first-order valence-electron chi connectivity index (χ1n) is 6.10. The van der Waals surface area contributed by atoms with Crippen molar-refractivity contribution in [2.75, 3.05) is 12.3 Å². The van der Waals surface area contributed by atoms with E-state index in [1.165, 1.54) is 0 Å². The molecule has 0 saturated heterocycles. The van der Waals surface area contributed by atoms with E-state index in [9.17, 15) is 4.79 Å². The first-order valence-corrected chi connectivity index (χ1v) is 7.29. The predicted octanol–water partition coefficient (Wildman–Crippen LogP) is 4.25. The minimum Gasteiger partial charge on any atom is -0.462 e. The van der Waals surface area contributed by atoms with Crippen LogP contribution in [-0.4, -0.2) is 12.6 Å². The van der Waals surface area contributed by atoms with E-state index >= 15 is 0 Å². The average Bonchev–Trinajstić information content (AvgIpc) is 2.44. The van der Waals surface area contributed by atoms with Gasteiger partial charge in [-0.05, 0) is 49.4 Å². The van der Waals surface area contributed by atoms with Gasteiger partial charge in [0.05, 0.1) is 22.9 Å². The monoisotopic (exact) mass is 307 g/mol. The van der Waals surface area contributed by atoms with Crippen molar-refractivity contribution in [3.8, 4) is 0 Å². The number of ether oxygens (including phenoxy) is 1. The zero-order valence-corrected chi connectivity index (χ0v) is 12.5. The summed E-state index contributed by atoms with van der Waals surface area (Å²) in [5.41, 5.74) is 6.78. The number of esters is 1. The molecular weight excluding hydrogens is 294 g/mol. The number of rotatable bonds is 4. The van der Waals surface area contributed by atoms with E-state index < -0.39 is 0 Å². The predicted molar refractivity (Wildman–Crippen MR) is 82.4 cm³/mol. The number of benzene rings is 2. The molecule has 5 heteroatoms. The van der Waals surface area contributed by atoms with Crippen LogP contribution in [0.5, 0.6) is 0 Å². The Labute approximate surface area is 127 Å². The molecule has 0 radical (unpaired) electrons. The van der Waals surface area contributed by atoms with E-state index in [0.29, 0.717) is 22.9 Å². The normalized spacial score (nSPS) is 10.3. The van der Waals surface area contributed by atoms with Gasteiger partial charge in [-0.1, -0.05) is 23.4 Å². The Morgan fingerprint density at radius 2 is 1.85 bits per heavy atom. The van der Waals surface area contributed by atoms with Gasteiger partial charge in [0.2, 0.25) is 0 Å². The molecule has 0 amide bonds. The number of anilines is 1. The molecule has 2 rings (SSSR count). The molecule has 2 aromatic rings. The van der Waals surface area contributed by atoms with Gasteiger partial charge in [-0.2, -0.15) is 0 Å². The maximum absolute atomic E-state index is 11.5. The van der Waals surface area contributed by atoms with Crippen LogP contribution in [0.2, 0.25) is 5.02 Å². The summed E-state index contributed by atoms with van der Waals surface area (Å²) in [7, 11) is 0. The van der Waals surface area contributed by atoms with Crippen LogP contribution in [0.25, 0.3) is 0 Å². The lowest BCUT2D eigenvalue weighted by Crippen LogP contribution is -2.03. The van der Waals surface area contributed by atoms with Crippen LogP contribution in [0, 0.1) is 0 Å². The largest absolute Gasteiger partial charge is 0.462 e. The van der Waals surface area contributed by atoms with Gasteiger partial charge in [-0.3, -0.25) is 0 Å². The Hall–Kier alpha value is -1.65. The van der Waals surface area contributed by atoms with Crippen molar-refractivity contribution in [3.63, 3.8) is 0 Å². The molecule has 0 bridgehead atoms. The maximum atomic E-state index is 11.5. The van der Waals surface area contributed by atoms with Crippen molar-refractivity contribution in [2.24, 2.45) is 0 Å². The van der Waals surface area contributed by atoms with E-state index in [1.54, 1.807) is 36.9 Å². The lowest BCUT2D eigenvalue weighted by molar-refractivity contribution is 0.0526. The molecule has 2 aromatic carbocycles. The van der Waals surface area contributed by atoms with Gasteiger partial charge >= 0.3 is 5.97 Å². The average molecular weight is 308 g/mol. The second-order valence-electron chi connectivity index (χ2n) is 4.03. The molecule has 0 aliphatic heterocycles. The van der Waals surface area contributed by atoms with E-state index in [2.05, 4.69) is 0 Å². The molecule has 3 nitrogen and oxygen atoms in total. The van der Waals surface area contributed by atoms with E-state index in [1.807, 2.05) is 24.3 Å². The Balaban J connectivity index is 2.10. The van der Waals surface area contributed by atoms with Crippen molar-refractivity contribution in [3.05, 3.63) is 53.1 Å². The summed E-state index contributed by atoms with van der Waals surface area (Å²) in [6.45, 7) is 2.16. The summed E-state index contributed by atoms with van der Waals surface area (Å²) in [6.07, 6.45) is 0. The smallest absolute Gasteiger partial charge is 0.338 e. The van der Waals surface area contributed by atoms with Gasteiger partial charge < -0.3 is 10.5 Å². The number of nitrogens with two attached hydrogens (primary N) is 1. The van der Waals surface area contributed by atoms with Crippen molar-refractivity contribution in [2.45, 2.75) is 16.7 Å². The highest BCUT2D eigenvalue weighted by atomic mass is 35.5. The topological polar surface area (TPSA) is 52.3 Å². The van der Waals surface area contributed by atoms with Crippen LogP contribution < -0.4 is 5.73 Å². The molecule has 0 fully saturated rings. The van der Waals surface area contributed by atoms with Crippen molar-refractivity contribution >= 4 is 35.0 Å². The number of carbonyl (C=O) groups excluding carboxylic acids is 1. The van der Waals surface area contributed by atoms with Gasteiger partial charge in [0.25, 0.3) is 0 Å². The van der Waals surface area contributed by atoms with Gasteiger partial charge in [-0.25, -0.2) is 4.79 Å². The Morgan fingerprint density at radius 1 is 1.20 bits per heavy atom. The first kappa shape index (κ1) is 14.8. The second-order valence-corrected chi connectivity index (χ2v) is 5.58.